The third kappa shape index (κ3) is 8.45. The molecule has 3 fully saturated rings. The second-order valence-electron chi connectivity index (χ2n) is 15.3. The predicted molar refractivity (Wildman–Crippen MR) is 186 cm³/mol. The molecule has 13 nitrogen and oxygen atoms in total. The summed E-state index contributed by atoms with van der Waals surface area (Å²) in [6.45, 7) is 14.2. The molecular formula is C36H47N5O8S. The van der Waals surface area contributed by atoms with Gasteiger partial charge in [0.1, 0.15) is 29.3 Å². The summed E-state index contributed by atoms with van der Waals surface area (Å²) in [5.41, 5.74) is -1.61. The van der Waals surface area contributed by atoms with Crippen LogP contribution in [-0.2, 0) is 29.1 Å². The van der Waals surface area contributed by atoms with E-state index in [4.69, 9.17) is 9.47 Å². The van der Waals surface area contributed by atoms with Crippen molar-refractivity contribution in [3.63, 3.8) is 0 Å². The van der Waals surface area contributed by atoms with Crippen molar-refractivity contribution in [2.24, 2.45) is 11.3 Å². The lowest BCUT2D eigenvalue weighted by Gasteiger charge is -2.36. The van der Waals surface area contributed by atoms with Crippen LogP contribution < -0.4 is 20.1 Å². The van der Waals surface area contributed by atoms with Gasteiger partial charge < -0.3 is 25.0 Å². The van der Waals surface area contributed by atoms with Crippen LogP contribution in [0.1, 0.15) is 67.2 Å². The maximum atomic E-state index is 14.4. The van der Waals surface area contributed by atoms with E-state index >= 15 is 0 Å². The van der Waals surface area contributed by atoms with Crippen molar-refractivity contribution in [3.05, 3.63) is 61.2 Å². The molecule has 2 heterocycles. The minimum Gasteiger partial charge on any atom is -0.472 e. The van der Waals surface area contributed by atoms with Gasteiger partial charge in [0.05, 0.1) is 17.5 Å². The van der Waals surface area contributed by atoms with E-state index in [-0.39, 0.29) is 19.4 Å². The van der Waals surface area contributed by atoms with Crippen molar-refractivity contribution in [1.82, 2.24) is 25.2 Å². The van der Waals surface area contributed by atoms with Gasteiger partial charge in [-0.05, 0) is 51.5 Å². The van der Waals surface area contributed by atoms with E-state index in [0.717, 1.165) is 5.56 Å². The number of benzene rings is 1. The highest BCUT2D eigenvalue weighted by Crippen LogP contribution is 2.45. The van der Waals surface area contributed by atoms with Crippen LogP contribution in [0.15, 0.2) is 61.2 Å². The number of alkyl carbamates (subject to hydrolysis) is 1. The first-order valence-electron chi connectivity index (χ1n) is 16.8. The van der Waals surface area contributed by atoms with Gasteiger partial charge in [-0.15, -0.1) is 6.58 Å². The van der Waals surface area contributed by atoms with E-state index in [0.29, 0.717) is 24.4 Å². The Hall–Kier alpha value is -4.46. The zero-order valence-electron chi connectivity index (χ0n) is 29.4. The van der Waals surface area contributed by atoms with Gasteiger partial charge in [0.2, 0.25) is 27.7 Å². The molecule has 2 saturated carbocycles. The molecular weight excluding hydrogens is 662 g/mol. The van der Waals surface area contributed by atoms with E-state index in [9.17, 15) is 27.6 Å². The summed E-state index contributed by atoms with van der Waals surface area (Å²) in [5, 5.41) is 4.84. The molecule has 1 saturated heterocycles. The lowest BCUT2D eigenvalue weighted by atomic mass is 9.85. The average molecular weight is 710 g/mol. The van der Waals surface area contributed by atoms with Gasteiger partial charge >= 0.3 is 6.09 Å². The zero-order valence-corrected chi connectivity index (χ0v) is 30.2. The summed E-state index contributed by atoms with van der Waals surface area (Å²) in [6, 6.07) is 12.6. The molecule has 0 radical (unpaired) electrons. The largest absolute Gasteiger partial charge is 0.472 e. The van der Waals surface area contributed by atoms with Crippen LogP contribution in [0.25, 0.3) is 11.3 Å². The molecule has 5 unspecified atom stereocenters. The van der Waals surface area contributed by atoms with Crippen LogP contribution >= 0.6 is 0 Å². The van der Waals surface area contributed by atoms with E-state index in [2.05, 4.69) is 26.9 Å². The fourth-order valence-electron chi connectivity index (χ4n) is 6.05. The molecule has 2 aliphatic carbocycles. The van der Waals surface area contributed by atoms with Crippen LogP contribution in [-0.4, -0.2) is 83.2 Å². The molecule has 14 heteroatoms. The Kier molecular flexibility index (Phi) is 10.1. The third-order valence-corrected chi connectivity index (χ3v) is 10.8. The average Bonchev–Trinajstić information content (AvgIpc) is 3.96. The molecule has 1 aromatic heterocycles. The summed E-state index contributed by atoms with van der Waals surface area (Å²) < 4.78 is 39.2. The number of rotatable bonds is 11. The Morgan fingerprint density at radius 2 is 1.70 bits per heavy atom. The molecule has 1 aliphatic heterocycles. The van der Waals surface area contributed by atoms with Gasteiger partial charge in [0.25, 0.3) is 5.91 Å². The van der Waals surface area contributed by atoms with Crippen LogP contribution in [0, 0.1) is 11.3 Å². The van der Waals surface area contributed by atoms with Crippen molar-refractivity contribution >= 4 is 33.8 Å². The summed E-state index contributed by atoms with van der Waals surface area (Å²) >= 11 is 0. The van der Waals surface area contributed by atoms with Gasteiger partial charge in [0.15, 0.2) is 0 Å². The summed E-state index contributed by atoms with van der Waals surface area (Å²) in [4.78, 5) is 60.8. The maximum Gasteiger partial charge on any atom is 0.408 e. The Labute approximate surface area is 293 Å². The number of likely N-dealkylation sites (tertiary alicyclic amines) is 1. The maximum absolute atomic E-state index is 14.4. The molecule has 3 N–H and O–H groups in total. The monoisotopic (exact) mass is 709 g/mol. The second-order valence-corrected chi connectivity index (χ2v) is 17.3. The van der Waals surface area contributed by atoms with Gasteiger partial charge in [-0.3, -0.25) is 19.1 Å². The zero-order chi connectivity index (χ0) is 36.6. The molecule has 5 rings (SSSR count). The van der Waals surface area contributed by atoms with Gasteiger partial charge in [-0.25, -0.2) is 18.2 Å². The molecule has 3 aliphatic rings. The lowest BCUT2D eigenvalue weighted by molar-refractivity contribution is -0.143. The first-order valence-corrected chi connectivity index (χ1v) is 18.4. The number of sulfonamides is 1. The highest BCUT2D eigenvalue weighted by Gasteiger charge is 2.62. The SMILES string of the molecule is C=CC1CC1(NC(=O)C1CC(Oc2cccc(-c3ccccc3)n2)CN1C(=O)C(NC(=O)OC(C)(C)C)C(C)(C)C)C(=O)NS(=O)(=O)C1CC1. The number of hydrogen-bond donors (Lipinski definition) is 3. The van der Waals surface area contributed by atoms with E-state index in [1.807, 2.05) is 36.4 Å². The first-order chi connectivity index (χ1) is 23.3. The molecule has 0 spiro atoms. The minimum atomic E-state index is -3.89. The molecule has 270 valence electrons. The summed E-state index contributed by atoms with van der Waals surface area (Å²) in [7, 11) is -3.89. The molecule has 5 atom stereocenters. The van der Waals surface area contributed by atoms with Crippen molar-refractivity contribution < 1.29 is 37.1 Å². The fourth-order valence-corrected chi connectivity index (χ4v) is 7.42. The van der Waals surface area contributed by atoms with Gasteiger partial charge in [-0.2, -0.15) is 0 Å². The molecule has 0 bridgehead atoms. The number of amides is 4. The Morgan fingerprint density at radius 1 is 1.02 bits per heavy atom. The number of carbonyl (C=O) groups is 4. The minimum absolute atomic E-state index is 0.0309. The lowest BCUT2D eigenvalue weighted by Crippen LogP contribution is -2.60. The predicted octanol–water partition coefficient (Wildman–Crippen LogP) is 3.71. The van der Waals surface area contributed by atoms with E-state index in [1.54, 1.807) is 53.7 Å². The molecule has 50 heavy (non-hydrogen) atoms. The fraction of sp³-hybridized carbons (Fsp3) is 0.528. The molecule has 2 aromatic rings. The van der Waals surface area contributed by atoms with Crippen LogP contribution in [0.3, 0.4) is 0 Å². The smallest absolute Gasteiger partial charge is 0.408 e. The topological polar surface area (TPSA) is 173 Å². The molecule has 4 amide bonds. The number of ether oxygens (including phenoxy) is 2. The Balaban J connectivity index is 1.42. The van der Waals surface area contributed by atoms with Crippen molar-refractivity contribution in [2.45, 2.75) is 102 Å². The highest BCUT2D eigenvalue weighted by molar-refractivity contribution is 7.91. The Bertz CT molecular complexity index is 1750. The van der Waals surface area contributed by atoms with Crippen molar-refractivity contribution in [1.29, 1.82) is 0 Å². The van der Waals surface area contributed by atoms with Gasteiger partial charge in [-0.1, -0.05) is 63.2 Å². The quantitative estimate of drug-likeness (QED) is 0.294. The normalized spacial score (nSPS) is 24.0. The van der Waals surface area contributed by atoms with Crippen molar-refractivity contribution in [2.75, 3.05) is 6.54 Å². The standard InChI is InChI=1S/C36H47N5O8S/c1-8-23-20-36(23,32(44)40-50(46,47)25-17-18-25)39-30(42)27-19-24(48-28-16-12-15-26(37-28)22-13-10-9-11-14-22)21-41(27)31(43)29(34(2,3)4)38-33(45)49-35(5,6)7/h8-16,23-25,27,29H,1,17-21H2,2-7H3,(H,38,45)(H,39,42)(H,40,44). The number of pyridine rings is 1. The molecule has 1 aromatic carbocycles. The number of hydrogen-bond acceptors (Lipinski definition) is 9. The van der Waals surface area contributed by atoms with E-state index in [1.165, 1.54) is 11.0 Å². The number of nitrogens with zero attached hydrogens (tertiary/aromatic N) is 2. The second kappa shape index (κ2) is 13.7. The van der Waals surface area contributed by atoms with E-state index < -0.39 is 79.7 Å². The number of carbonyl (C=O) groups excluding carboxylic acids is 4. The van der Waals surface area contributed by atoms with Gasteiger partial charge in [0, 0.05) is 24.0 Å². The third-order valence-electron chi connectivity index (χ3n) is 8.95. The van der Waals surface area contributed by atoms with Crippen LogP contribution in [0.2, 0.25) is 0 Å². The summed E-state index contributed by atoms with van der Waals surface area (Å²) in [5.74, 6) is -2.28. The number of aromatic nitrogens is 1. The van der Waals surface area contributed by atoms with Crippen LogP contribution in [0.4, 0.5) is 4.79 Å². The highest BCUT2D eigenvalue weighted by atomic mass is 32.2. The number of nitrogens with one attached hydrogen (secondary N) is 3. The van der Waals surface area contributed by atoms with Crippen molar-refractivity contribution in [3.8, 4) is 17.1 Å². The van der Waals surface area contributed by atoms with Crippen LogP contribution in [0.5, 0.6) is 5.88 Å². The first kappa shape index (κ1) is 36.8. The summed E-state index contributed by atoms with van der Waals surface area (Å²) in [6.07, 6.45) is 1.12. The Morgan fingerprint density at radius 3 is 2.28 bits per heavy atom.